The molecule has 0 unspecified atom stereocenters. The zero-order valence-corrected chi connectivity index (χ0v) is 17.2. The quantitative estimate of drug-likeness (QED) is 0.659. The highest BCUT2D eigenvalue weighted by atomic mass is 19.1. The van der Waals surface area contributed by atoms with Gasteiger partial charge in [-0.15, -0.1) is 0 Å². The van der Waals surface area contributed by atoms with Gasteiger partial charge in [0.05, 0.1) is 12.8 Å². The average molecular weight is 394 g/mol. The van der Waals surface area contributed by atoms with Gasteiger partial charge < -0.3 is 9.64 Å². The van der Waals surface area contributed by atoms with Crippen LogP contribution in [-0.4, -0.2) is 59.4 Å². The number of benzene rings is 2. The predicted molar refractivity (Wildman–Crippen MR) is 113 cm³/mol. The third-order valence-corrected chi connectivity index (χ3v) is 5.69. The molecule has 0 amide bonds. The summed E-state index contributed by atoms with van der Waals surface area (Å²) in [4.78, 5) is 4.82. The van der Waals surface area contributed by atoms with Gasteiger partial charge in [0.1, 0.15) is 17.3 Å². The number of halogens is 1. The Morgan fingerprint density at radius 2 is 1.86 bits per heavy atom. The smallest absolute Gasteiger partial charge is 0.148 e. The molecule has 0 radical (unpaired) electrons. The van der Waals surface area contributed by atoms with Crippen LogP contribution in [0.15, 0.2) is 54.7 Å². The highest BCUT2D eigenvalue weighted by molar-refractivity contribution is 5.64. The number of hydrogen-bond acceptors (Lipinski definition) is 4. The summed E-state index contributed by atoms with van der Waals surface area (Å²) in [6.07, 6.45) is 1.96. The van der Waals surface area contributed by atoms with Gasteiger partial charge in [-0.05, 0) is 50.4 Å². The van der Waals surface area contributed by atoms with Gasteiger partial charge in [0, 0.05) is 49.5 Å². The fourth-order valence-electron chi connectivity index (χ4n) is 3.79. The van der Waals surface area contributed by atoms with Crippen LogP contribution < -0.4 is 4.74 Å². The lowest BCUT2D eigenvalue weighted by Crippen LogP contribution is -2.49. The van der Waals surface area contributed by atoms with E-state index in [0.717, 1.165) is 48.7 Å². The van der Waals surface area contributed by atoms with Gasteiger partial charge in [-0.1, -0.05) is 12.1 Å². The van der Waals surface area contributed by atoms with Gasteiger partial charge in [0.25, 0.3) is 0 Å². The molecule has 1 fully saturated rings. The Morgan fingerprint density at radius 3 is 2.55 bits per heavy atom. The molecule has 0 N–H and O–H groups in total. The molecule has 0 saturated carbocycles. The molecule has 2 heterocycles. The molecule has 5 nitrogen and oxygen atoms in total. The molecule has 3 aromatic rings. The summed E-state index contributed by atoms with van der Waals surface area (Å²) in [6, 6.07) is 15.1. The van der Waals surface area contributed by atoms with Crippen molar-refractivity contribution in [3.05, 3.63) is 66.1 Å². The zero-order chi connectivity index (χ0) is 20.4. The molecular weight excluding hydrogens is 367 g/mol. The van der Waals surface area contributed by atoms with E-state index in [1.54, 1.807) is 23.9 Å². The summed E-state index contributed by atoms with van der Waals surface area (Å²) < 4.78 is 21.3. The number of likely N-dealkylation sites (N-methyl/N-ethyl adjacent to an activating group) is 1. The van der Waals surface area contributed by atoms with E-state index in [1.807, 2.05) is 36.5 Å². The molecule has 0 bridgehead atoms. The molecule has 1 aromatic heterocycles. The van der Waals surface area contributed by atoms with Crippen LogP contribution in [0.1, 0.15) is 12.5 Å². The lowest BCUT2D eigenvalue weighted by atomic mass is 10.1. The maximum Gasteiger partial charge on any atom is 0.148 e. The summed E-state index contributed by atoms with van der Waals surface area (Å²) in [7, 11) is 3.82. The standard InChI is InChI=1S/C23H27FN4O/c1-17-14-27(13-12-26(17)2)15-19-16-28(22-7-5-4-6-21(22)24)25-23(19)18-8-10-20(29-3)11-9-18/h4-11,16-17H,12-15H2,1-3H3/t17-/m1/s1. The zero-order valence-electron chi connectivity index (χ0n) is 17.2. The molecule has 0 aliphatic carbocycles. The molecule has 1 saturated heterocycles. The van der Waals surface area contributed by atoms with Gasteiger partial charge in [-0.2, -0.15) is 5.10 Å². The van der Waals surface area contributed by atoms with Crippen molar-refractivity contribution >= 4 is 0 Å². The van der Waals surface area contributed by atoms with Crippen LogP contribution in [0, 0.1) is 5.82 Å². The first-order valence-corrected chi connectivity index (χ1v) is 9.95. The molecule has 152 valence electrons. The SMILES string of the molecule is COc1ccc(-c2nn(-c3ccccc3F)cc2CN2CCN(C)[C@H](C)C2)cc1. The second-order valence-corrected chi connectivity index (χ2v) is 7.69. The van der Waals surface area contributed by atoms with Crippen LogP contribution in [-0.2, 0) is 6.54 Å². The molecular formula is C23H27FN4O. The van der Waals surface area contributed by atoms with Crippen LogP contribution in [0.25, 0.3) is 16.9 Å². The molecule has 29 heavy (non-hydrogen) atoms. The normalized spacial score (nSPS) is 18.1. The van der Waals surface area contributed by atoms with Crippen molar-refractivity contribution in [3.8, 4) is 22.7 Å². The minimum atomic E-state index is -0.281. The third kappa shape index (κ3) is 4.18. The van der Waals surface area contributed by atoms with E-state index in [-0.39, 0.29) is 5.82 Å². The first kappa shape index (κ1) is 19.6. The molecule has 6 heteroatoms. The van der Waals surface area contributed by atoms with Crippen molar-refractivity contribution < 1.29 is 9.13 Å². The van der Waals surface area contributed by atoms with Gasteiger partial charge in [-0.25, -0.2) is 9.07 Å². The van der Waals surface area contributed by atoms with E-state index >= 15 is 0 Å². The summed E-state index contributed by atoms with van der Waals surface area (Å²) in [5.74, 6) is 0.521. The van der Waals surface area contributed by atoms with E-state index < -0.39 is 0 Å². The number of hydrogen-bond donors (Lipinski definition) is 0. The minimum absolute atomic E-state index is 0.281. The Labute approximate surface area is 171 Å². The Bertz CT molecular complexity index is 969. The molecule has 1 aliphatic rings. The van der Waals surface area contributed by atoms with E-state index in [0.29, 0.717) is 11.7 Å². The van der Waals surface area contributed by atoms with Crippen molar-refractivity contribution in [2.75, 3.05) is 33.8 Å². The third-order valence-electron chi connectivity index (χ3n) is 5.69. The fraction of sp³-hybridized carbons (Fsp3) is 0.348. The maximum atomic E-state index is 14.4. The molecule has 2 aromatic carbocycles. The summed E-state index contributed by atoms with van der Waals surface area (Å²) >= 11 is 0. The largest absolute Gasteiger partial charge is 0.497 e. The van der Waals surface area contributed by atoms with Gasteiger partial charge in [0.2, 0.25) is 0 Å². The van der Waals surface area contributed by atoms with Crippen LogP contribution in [0.4, 0.5) is 4.39 Å². The van der Waals surface area contributed by atoms with Gasteiger partial charge >= 0.3 is 0 Å². The van der Waals surface area contributed by atoms with Crippen LogP contribution in [0.3, 0.4) is 0 Å². The molecule has 0 spiro atoms. The topological polar surface area (TPSA) is 33.5 Å². The monoisotopic (exact) mass is 394 g/mol. The molecule has 4 rings (SSSR count). The predicted octanol–water partition coefficient (Wildman–Crippen LogP) is 3.82. The van der Waals surface area contributed by atoms with Crippen molar-refractivity contribution in [3.63, 3.8) is 0 Å². The second kappa shape index (κ2) is 8.35. The van der Waals surface area contributed by atoms with E-state index in [1.165, 1.54) is 6.07 Å². The first-order chi connectivity index (χ1) is 14.0. The van der Waals surface area contributed by atoms with E-state index in [2.05, 4.69) is 23.8 Å². The van der Waals surface area contributed by atoms with Crippen molar-refractivity contribution in [1.29, 1.82) is 0 Å². The Kier molecular flexibility index (Phi) is 5.65. The number of methoxy groups -OCH3 is 1. The maximum absolute atomic E-state index is 14.4. The first-order valence-electron chi connectivity index (χ1n) is 9.95. The number of piperazine rings is 1. The Balaban J connectivity index is 1.70. The number of para-hydroxylation sites is 1. The van der Waals surface area contributed by atoms with Gasteiger partial charge in [-0.3, -0.25) is 4.90 Å². The lowest BCUT2D eigenvalue weighted by Gasteiger charge is -2.37. The lowest BCUT2D eigenvalue weighted by molar-refractivity contribution is 0.100. The highest BCUT2D eigenvalue weighted by Gasteiger charge is 2.23. The summed E-state index contributed by atoms with van der Waals surface area (Å²) in [5, 5.41) is 4.77. The van der Waals surface area contributed by atoms with E-state index in [4.69, 9.17) is 9.84 Å². The van der Waals surface area contributed by atoms with Crippen LogP contribution in [0.5, 0.6) is 5.75 Å². The average Bonchev–Trinajstić information content (AvgIpc) is 3.14. The molecule has 1 aliphatic heterocycles. The fourth-order valence-corrected chi connectivity index (χ4v) is 3.79. The summed E-state index contributed by atoms with van der Waals surface area (Å²) in [5.41, 5.74) is 3.43. The van der Waals surface area contributed by atoms with E-state index in [9.17, 15) is 4.39 Å². The second-order valence-electron chi connectivity index (χ2n) is 7.69. The molecule has 1 atom stereocenters. The van der Waals surface area contributed by atoms with Crippen molar-refractivity contribution in [2.45, 2.75) is 19.5 Å². The van der Waals surface area contributed by atoms with Gasteiger partial charge in [0.15, 0.2) is 0 Å². The van der Waals surface area contributed by atoms with Crippen molar-refractivity contribution in [2.24, 2.45) is 0 Å². The number of nitrogens with zero attached hydrogens (tertiary/aromatic N) is 4. The number of rotatable bonds is 5. The van der Waals surface area contributed by atoms with Crippen molar-refractivity contribution in [1.82, 2.24) is 19.6 Å². The van der Waals surface area contributed by atoms with Crippen LogP contribution >= 0.6 is 0 Å². The number of ether oxygens (including phenoxy) is 1. The highest BCUT2D eigenvalue weighted by Crippen LogP contribution is 2.28. The summed E-state index contributed by atoms with van der Waals surface area (Å²) in [6.45, 7) is 6.09. The van der Waals surface area contributed by atoms with Crippen LogP contribution in [0.2, 0.25) is 0 Å². The number of aromatic nitrogens is 2. The minimum Gasteiger partial charge on any atom is -0.497 e. The Morgan fingerprint density at radius 1 is 1.10 bits per heavy atom. The Hall–Kier alpha value is -2.70.